The van der Waals surface area contributed by atoms with E-state index in [2.05, 4.69) is 44.0 Å². The Balaban J connectivity index is 0.000000561. The van der Waals surface area contributed by atoms with Gasteiger partial charge in [0, 0.05) is 20.8 Å². The van der Waals surface area contributed by atoms with E-state index in [1.165, 1.54) is 17.2 Å². The molecule has 0 saturated carbocycles. The molecule has 2 heteroatoms. The zero-order chi connectivity index (χ0) is 9.89. The van der Waals surface area contributed by atoms with Crippen molar-refractivity contribution in [3.63, 3.8) is 0 Å². The Morgan fingerprint density at radius 2 is 1.50 bits per heavy atom. The molecule has 0 atom stereocenters. The highest BCUT2D eigenvalue weighted by atomic mass is 15.1. The standard InChI is InChI=1S/C8H15N2.C2H6/c1-6-7(2)10(5)8(3)9(6)4;1-2/h1-5H3;1-2H3/q+1;. The predicted molar refractivity (Wildman–Crippen MR) is 52.1 cm³/mol. The maximum Gasteiger partial charge on any atom is 0.253 e. The lowest BCUT2D eigenvalue weighted by Gasteiger charge is -1.87. The lowest BCUT2D eigenvalue weighted by molar-refractivity contribution is -0.683. The third-order valence-corrected chi connectivity index (χ3v) is 2.50. The average Bonchev–Trinajstić information content (AvgIpc) is 2.27. The first-order chi connectivity index (χ1) is 5.55. The van der Waals surface area contributed by atoms with Crippen LogP contribution in [0, 0.1) is 20.8 Å². The first kappa shape index (κ1) is 11.2. The fourth-order valence-electron chi connectivity index (χ4n) is 1.20. The lowest BCUT2D eigenvalue weighted by Crippen LogP contribution is -2.32. The van der Waals surface area contributed by atoms with E-state index in [1.54, 1.807) is 0 Å². The molecule has 0 aromatic carbocycles. The molecule has 0 radical (unpaired) electrons. The van der Waals surface area contributed by atoms with E-state index in [1.807, 2.05) is 13.8 Å². The van der Waals surface area contributed by atoms with Crippen molar-refractivity contribution in [1.82, 2.24) is 4.57 Å². The Morgan fingerprint density at radius 1 is 1.08 bits per heavy atom. The van der Waals surface area contributed by atoms with Crippen molar-refractivity contribution in [2.45, 2.75) is 34.6 Å². The van der Waals surface area contributed by atoms with Crippen LogP contribution in [-0.4, -0.2) is 4.57 Å². The van der Waals surface area contributed by atoms with Crippen LogP contribution in [-0.2, 0) is 14.1 Å². The smallest absolute Gasteiger partial charge is 0.234 e. The van der Waals surface area contributed by atoms with Gasteiger partial charge in [-0.25, -0.2) is 9.13 Å². The Hall–Kier alpha value is -0.790. The second kappa shape index (κ2) is 4.29. The van der Waals surface area contributed by atoms with Crippen LogP contribution in [0.2, 0.25) is 0 Å². The zero-order valence-electron chi connectivity index (χ0n) is 9.39. The number of imidazole rings is 1. The summed E-state index contributed by atoms with van der Waals surface area (Å²) < 4.78 is 4.41. The van der Waals surface area contributed by atoms with Crippen molar-refractivity contribution in [3.05, 3.63) is 17.2 Å². The SMILES string of the molecule is CC.Cc1c(C)[n+](C)c(C)n1C. The number of nitrogens with zero attached hydrogens (tertiary/aromatic N) is 2. The van der Waals surface area contributed by atoms with Crippen LogP contribution in [0.5, 0.6) is 0 Å². The van der Waals surface area contributed by atoms with E-state index in [0.717, 1.165) is 0 Å². The maximum absolute atomic E-state index is 2.20. The van der Waals surface area contributed by atoms with E-state index >= 15 is 0 Å². The lowest BCUT2D eigenvalue weighted by atomic mass is 10.4. The van der Waals surface area contributed by atoms with Crippen molar-refractivity contribution in [3.8, 4) is 0 Å². The predicted octanol–water partition coefficient (Wildman–Crippen LogP) is 1.80. The summed E-state index contributed by atoms with van der Waals surface area (Å²) in [6, 6.07) is 0. The van der Waals surface area contributed by atoms with Crippen LogP contribution in [0.1, 0.15) is 31.1 Å². The molecule has 0 fully saturated rings. The van der Waals surface area contributed by atoms with Gasteiger partial charge in [0.15, 0.2) is 0 Å². The number of aromatic nitrogens is 2. The molecule has 1 rings (SSSR count). The first-order valence-corrected chi connectivity index (χ1v) is 4.54. The largest absolute Gasteiger partial charge is 0.253 e. The van der Waals surface area contributed by atoms with E-state index < -0.39 is 0 Å². The van der Waals surface area contributed by atoms with Gasteiger partial charge in [0.25, 0.3) is 5.82 Å². The minimum Gasteiger partial charge on any atom is -0.234 e. The van der Waals surface area contributed by atoms with Crippen molar-refractivity contribution < 1.29 is 4.57 Å². The minimum absolute atomic E-state index is 1.30. The van der Waals surface area contributed by atoms with Gasteiger partial charge in [-0.15, -0.1) is 0 Å². The van der Waals surface area contributed by atoms with Gasteiger partial charge in [-0.05, 0) is 0 Å². The van der Waals surface area contributed by atoms with Crippen LogP contribution in [0.4, 0.5) is 0 Å². The van der Waals surface area contributed by atoms with E-state index in [-0.39, 0.29) is 0 Å². The zero-order valence-corrected chi connectivity index (χ0v) is 9.39. The number of rotatable bonds is 0. The van der Waals surface area contributed by atoms with Crippen LogP contribution in [0.15, 0.2) is 0 Å². The molecular weight excluding hydrogens is 148 g/mol. The van der Waals surface area contributed by atoms with E-state index in [9.17, 15) is 0 Å². The van der Waals surface area contributed by atoms with Gasteiger partial charge in [-0.1, -0.05) is 13.8 Å². The van der Waals surface area contributed by atoms with Crippen molar-refractivity contribution in [2.75, 3.05) is 0 Å². The summed E-state index contributed by atoms with van der Waals surface area (Å²) in [6.07, 6.45) is 0. The molecule has 0 saturated heterocycles. The monoisotopic (exact) mass is 169 g/mol. The first-order valence-electron chi connectivity index (χ1n) is 4.54. The van der Waals surface area contributed by atoms with Crippen molar-refractivity contribution >= 4 is 0 Å². The normalized spacial score (nSPS) is 9.25. The molecule has 0 unspecified atom stereocenters. The van der Waals surface area contributed by atoms with Gasteiger partial charge >= 0.3 is 0 Å². The van der Waals surface area contributed by atoms with Crippen molar-refractivity contribution in [1.29, 1.82) is 0 Å². The molecule has 0 aliphatic rings. The minimum atomic E-state index is 1.30. The molecule has 0 N–H and O–H groups in total. The van der Waals surface area contributed by atoms with Crippen LogP contribution >= 0.6 is 0 Å². The molecule has 1 heterocycles. The number of hydrogen-bond donors (Lipinski definition) is 0. The Labute approximate surface area is 75.8 Å². The molecule has 0 spiro atoms. The molecule has 0 bridgehead atoms. The van der Waals surface area contributed by atoms with Gasteiger partial charge in [-0.2, -0.15) is 0 Å². The molecule has 70 valence electrons. The van der Waals surface area contributed by atoms with Gasteiger partial charge in [0.05, 0.1) is 14.1 Å². The third kappa shape index (κ3) is 1.68. The highest BCUT2D eigenvalue weighted by molar-refractivity contribution is 5.05. The fraction of sp³-hybridized carbons (Fsp3) is 0.700. The summed E-state index contributed by atoms with van der Waals surface area (Å²) in [5, 5.41) is 0. The maximum atomic E-state index is 2.20. The second-order valence-corrected chi connectivity index (χ2v) is 2.84. The summed E-state index contributed by atoms with van der Waals surface area (Å²) >= 11 is 0. The molecule has 1 aromatic rings. The molecule has 2 nitrogen and oxygen atoms in total. The average molecular weight is 169 g/mol. The van der Waals surface area contributed by atoms with Crippen LogP contribution in [0.3, 0.4) is 0 Å². The topological polar surface area (TPSA) is 8.81 Å². The molecule has 0 aliphatic carbocycles. The van der Waals surface area contributed by atoms with Crippen LogP contribution < -0.4 is 4.57 Å². The quantitative estimate of drug-likeness (QED) is 0.524. The van der Waals surface area contributed by atoms with Gasteiger partial charge in [0.1, 0.15) is 11.4 Å². The van der Waals surface area contributed by atoms with Crippen molar-refractivity contribution in [2.24, 2.45) is 14.1 Å². The summed E-state index contributed by atoms with van der Waals surface area (Å²) in [7, 11) is 4.19. The third-order valence-electron chi connectivity index (χ3n) is 2.50. The Bertz CT molecular complexity index is 179. The van der Waals surface area contributed by atoms with Crippen LogP contribution in [0.25, 0.3) is 0 Å². The molecular formula is C10H21N2+. The molecule has 0 aliphatic heterocycles. The molecule has 12 heavy (non-hydrogen) atoms. The van der Waals surface area contributed by atoms with Gasteiger partial charge < -0.3 is 0 Å². The Morgan fingerprint density at radius 3 is 1.58 bits per heavy atom. The van der Waals surface area contributed by atoms with E-state index in [4.69, 9.17) is 0 Å². The Kier molecular flexibility index (Phi) is 4.01. The summed E-state index contributed by atoms with van der Waals surface area (Å²) in [5.41, 5.74) is 2.69. The summed E-state index contributed by atoms with van der Waals surface area (Å²) in [5.74, 6) is 1.30. The molecule has 1 aromatic heterocycles. The second-order valence-electron chi connectivity index (χ2n) is 2.84. The highest BCUT2D eigenvalue weighted by Crippen LogP contribution is 2.02. The van der Waals surface area contributed by atoms with Gasteiger partial charge in [-0.3, -0.25) is 0 Å². The summed E-state index contributed by atoms with van der Waals surface area (Å²) in [4.78, 5) is 0. The number of hydrogen-bond acceptors (Lipinski definition) is 0. The van der Waals surface area contributed by atoms with Gasteiger partial charge in [0.2, 0.25) is 0 Å². The van der Waals surface area contributed by atoms with E-state index in [0.29, 0.717) is 0 Å². The highest BCUT2D eigenvalue weighted by Gasteiger charge is 2.14. The fourth-order valence-corrected chi connectivity index (χ4v) is 1.20. The summed E-state index contributed by atoms with van der Waals surface area (Å²) in [6.45, 7) is 10.4. The molecule has 0 amide bonds.